The molecule has 5 rings (SSSR count). The van der Waals surface area contributed by atoms with E-state index in [1.54, 1.807) is 31.3 Å². The van der Waals surface area contributed by atoms with E-state index in [1.165, 1.54) is 16.8 Å². The summed E-state index contributed by atoms with van der Waals surface area (Å²) in [6.45, 7) is 1.65. The summed E-state index contributed by atoms with van der Waals surface area (Å²) >= 11 is 0. The van der Waals surface area contributed by atoms with Crippen LogP contribution in [0.15, 0.2) is 60.8 Å². The predicted octanol–water partition coefficient (Wildman–Crippen LogP) is 2.49. The third kappa shape index (κ3) is 2.64. The highest BCUT2D eigenvalue weighted by Crippen LogP contribution is 2.24. The molecule has 0 saturated heterocycles. The Morgan fingerprint density at radius 2 is 1.70 bits per heavy atom. The van der Waals surface area contributed by atoms with Crippen LogP contribution in [0.3, 0.4) is 0 Å². The molecule has 9 heteroatoms. The van der Waals surface area contributed by atoms with Crippen molar-refractivity contribution >= 4 is 28.7 Å². The van der Waals surface area contributed by atoms with Gasteiger partial charge in [-0.1, -0.05) is 28.5 Å². The first-order valence-corrected chi connectivity index (χ1v) is 9.02. The molecule has 9 nitrogen and oxygen atoms in total. The number of carbonyl (C=O) groups is 3. The predicted molar refractivity (Wildman–Crippen MR) is 104 cm³/mol. The molecule has 0 saturated carbocycles. The van der Waals surface area contributed by atoms with Gasteiger partial charge in [-0.05, 0) is 43.3 Å². The lowest BCUT2D eigenvalue weighted by Gasteiger charge is -2.11. The monoisotopic (exact) mass is 399 g/mol. The number of imide groups is 1. The highest BCUT2D eigenvalue weighted by atomic mass is 16.7. The summed E-state index contributed by atoms with van der Waals surface area (Å²) in [4.78, 5) is 46.8. The molecule has 0 bridgehead atoms. The van der Waals surface area contributed by atoms with Gasteiger partial charge in [-0.2, -0.15) is 0 Å². The summed E-state index contributed by atoms with van der Waals surface area (Å²) in [6, 6.07) is 15.5. The van der Waals surface area contributed by atoms with Crippen LogP contribution in [0, 0.1) is 6.92 Å². The molecule has 3 heterocycles. The van der Waals surface area contributed by atoms with Crippen LogP contribution in [0.1, 0.15) is 36.9 Å². The second-order valence-corrected chi connectivity index (χ2v) is 6.64. The van der Waals surface area contributed by atoms with Gasteiger partial charge in [0.25, 0.3) is 11.8 Å². The van der Waals surface area contributed by atoms with Gasteiger partial charge in [0.2, 0.25) is 0 Å². The Morgan fingerprint density at radius 1 is 0.967 bits per heavy atom. The van der Waals surface area contributed by atoms with Crippen LogP contribution in [0.2, 0.25) is 0 Å². The summed E-state index contributed by atoms with van der Waals surface area (Å²) in [5.41, 5.74) is 2.17. The summed E-state index contributed by atoms with van der Waals surface area (Å²) < 4.78 is 1.48. The number of fused-ring (bicyclic) bond motifs is 2. The van der Waals surface area contributed by atoms with E-state index in [1.807, 2.05) is 24.3 Å². The number of carbonyl (C=O) groups excluding carboxylic acids is 3. The van der Waals surface area contributed by atoms with Crippen molar-refractivity contribution in [3.63, 3.8) is 0 Å². The molecule has 30 heavy (non-hydrogen) atoms. The number of rotatable bonds is 3. The fourth-order valence-electron chi connectivity index (χ4n) is 3.33. The Hall–Kier alpha value is -4.40. The first kappa shape index (κ1) is 17.7. The minimum atomic E-state index is -0.948. The number of hydrogen-bond acceptors (Lipinski definition) is 7. The molecule has 2 amide bonds. The van der Waals surface area contributed by atoms with Gasteiger partial charge in [-0.25, -0.2) is 9.48 Å². The topological polar surface area (TPSA) is 107 Å². The number of nitrogens with zero attached hydrogens (tertiary/aromatic N) is 5. The van der Waals surface area contributed by atoms with Gasteiger partial charge in [0.1, 0.15) is 0 Å². The molecule has 0 aliphatic carbocycles. The molecular weight excluding hydrogens is 386 g/mol. The summed E-state index contributed by atoms with van der Waals surface area (Å²) in [5.74, 6) is -2.34. The Morgan fingerprint density at radius 3 is 2.43 bits per heavy atom. The van der Waals surface area contributed by atoms with E-state index < -0.39 is 17.8 Å². The zero-order valence-corrected chi connectivity index (χ0v) is 15.6. The maximum absolute atomic E-state index is 12.6. The van der Waals surface area contributed by atoms with Gasteiger partial charge < -0.3 is 4.84 Å². The van der Waals surface area contributed by atoms with Crippen molar-refractivity contribution in [3.8, 4) is 5.69 Å². The molecule has 146 valence electrons. The maximum atomic E-state index is 12.6. The highest BCUT2D eigenvalue weighted by molar-refractivity contribution is 6.21. The zero-order chi connectivity index (χ0) is 20.8. The molecule has 2 aromatic carbocycles. The van der Waals surface area contributed by atoms with E-state index in [-0.39, 0.29) is 16.8 Å². The molecule has 1 aliphatic heterocycles. The lowest BCUT2D eigenvalue weighted by atomic mass is 10.1. The molecule has 0 radical (unpaired) electrons. The lowest BCUT2D eigenvalue weighted by Crippen LogP contribution is -2.33. The number of aromatic nitrogens is 4. The van der Waals surface area contributed by atoms with Crippen molar-refractivity contribution in [2.75, 3.05) is 0 Å². The minimum Gasteiger partial charge on any atom is -0.322 e. The second kappa shape index (κ2) is 6.59. The van der Waals surface area contributed by atoms with Crippen molar-refractivity contribution in [1.82, 2.24) is 25.0 Å². The van der Waals surface area contributed by atoms with Gasteiger partial charge in [0.05, 0.1) is 28.0 Å². The molecule has 1 aliphatic rings. The third-order valence-corrected chi connectivity index (χ3v) is 4.85. The molecule has 2 aromatic heterocycles. The summed E-state index contributed by atoms with van der Waals surface area (Å²) in [7, 11) is 0. The first-order valence-electron chi connectivity index (χ1n) is 9.02. The SMILES string of the molecule is Cc1c(C(=O)ON2C(=O)c3ccccc3C2=O)nnn1-c1ccc2ncccc2c1. The smallest absolute Gasteiger partial charge is 0.322 e. The van der Waals surface area contributed by atoms with Crippen LogP contribution in [-0.4, -0.2) is 42.8 Å². The van der Waals surface area contributed by atoms with Gasteiger partial charge >= 0.3 is 5.97 Å². The van der Waals surface area contributed by atoms with Crippen LogP contribution in [-0.2, 0) is 4.84 Å². The lowest BCUT2D eigenvalue weighted by molar-refractivity contribution is -0.0589. The van der Waals surface area contributed by atoms with E-state index in [0.29, 0.717) is 16.4 Å². The van der Waals surface area contributed by atoms with Gasteiger partial charge in [-0.3, -0.25) is 14.6 Å². The van der Waals surface area contributed by atoms with E-state index in [0.717, 1.165) is 10.9 Å². The number of hydroxylamine groups is 2. The average molecular weight is 399 g/mol. The maximum Gasteiger partial charge on any atom is 0.385 e. The molecule has 0 fully saturated rings. The van der Waals surface area contributed by atoms with Gasteiger partial charge in [0.15, 0.2) is 5.69 Å². The normalized spacial score (nSPS) is 13.0. The fourth-order valence-corrected chi connectivity index (χ4v) is 3.33. The number of pyridine rings is 1. The van der Waals surface area contributed by atoms with Crippen LogP contribution in [0.4, 0.5) is 0 Å². The van der Waals surface area contributed by atoms with E-state index >= 15 is 0 Å². The number of benzene rings is 2. The Labute approximate surface area is 169 Å². The molecule has 0 unspecified atom stereocenters. The average Bonchev–Trinajstić information content (AvgIpc) is 3.27. The Balaban J connectivity index is 1.43. The van der Waals surface area contributed by atoms with Crippen LogP contribution >= 0.6 is 0 Å². The van der Waals surface area contributed by atoms with Crippen LogP contribution in [0.25, 0.3) is 16.6 Å². The number of amides is 2. The molecular formula is C21H13N5O4. The second-order valence-electron chi connectivity index (χ2n) is 6.64. The van der Waals surface area contributed by atoms with Crippen molar-refractivity contribution in [1.29, 1.82) is 0 Å². The molecule has 4 aromatic rings. The number of hydrogen-bond donors (Lipinski definition) is 0. The fraction of sp³-hybridized carbons (Fsp3) is 0.0476. The van der Waals surface area contributed by atoms with E-state index in [4.69, 9.17) is 4.84 Å². The summed E-state index contributed by atoms with van der Waals surface area (Å²) in [6.07, 6.45) is 1.70. The van der Waals surface area contributed by atoms with Crippen molar-refractivity contribution in [2.24, 2.45) is 0 Å². The third-order valence-electron chi connectivity index (χ3n) is 4.85. The first-order chi connectivity index (χ1) is 14.5. The van der Waals surface area contributed by atoms with Crippen molar-refractivity contribution in [3.05, 3.63) is 83.3 Å². The van der Waals surface area contributed by atoms with E-state index in [2.05, 4.69) is 15.3 Å². The summed E-state index contributed by atoms with van der Waals surface area (Å²) in [5, 5.41) is 9.26. The van der Waals surface area contributed by atoms with Crippen LogP contribution in [0.5, 0.6) is 0 Å². The quantitative estimate of drug-likeness (QED) is 0.487. The molecule has 0 atom stereocenters. The van der Waals surface area contributed by atoms with Crippen molar-refractivity contribution in [2.45, 2.75) is 6.92 Å². The largest absolute Gasteiger partial charge is 0.385 e. The Bertz CT molecular complexity index is 1330. The minimum absolute atomic E-state index is 0.0992. The van der Waals surface area contributed by atoms with E-state index in [9.17, 15) is 14.4 Å². The zero-order valence-electron chi connectivity index (χ0n) is 15.6. The molecule has 0 N–H and O–H groups in total. The highest BCUT2D eigenvalue weighted by Gasteiger charge is 2.39. The van der Waals surface area contributed by atoms with Gasteiger partial charge in [-0.15, -0.1) is 5.10 Å². The van der Waals surface area contributed by atoms with Crippen molar-refractivity contribution < 1.29 is 19.2 Å². The Kier molecular flexibility index (Phi) is 3.88. The standard InChI is InChI=1S/C21H13N5O4/c1-12-18(21(29)30-26-19(27)15-6-2-3-7-16(15)20(26)28)23-24-25(12)14-8-9-17-13(11-14)5-4-10-22-17/h2-11H,1H3. The van der Waals surface area contributed by atoms with Gasteiger partial charge in [0, 0.05) is 11.6 Å². The van der Waals surface area contributed by atoms with Crippen LogP contribution < -0.4 is 0 Å². The molecule has 0 spiro atoms.